The first-order chi connectivity index (χ1) is 11.2. The van der Waals surface area contributed by atoms with Gasteiger partial charge in [0.05, 0.1) is 0 Å². The number of ketones is 1. The number of carbonyl (C=O) groups excluding carboxylic acids is 2. The van der Waals surface area contributed by atoms with Crippen LogP contribution in [0.4, 0.5) is 4.79 Å². The SMILES string of the molecule is CC(C)(C)OC(=O)NC(C(=O)c1ccccc1)C1(C)CCNCC1. The number of hydrogen-bond acceptors (Lipinski definition) is 4. The van der Waals surface area contributed by atoms with Crippen molar-refractivity contribution in [2.75, 3.05) is 13.1 Å². The molecule has 0 spiro atoms. The molecular formula is C19H28N2O3. The molecule has 132 valence electrons. The molecule has 0 saturated carbocycles. The summed E-state index contributed by atoms with van der Waals surface area (Å²) in [5.74, 6) is -0.0640. The third kappa shape index (κ3) is 4.81. The molecule has 1 aromatic carbocycles. The van der Waals surface area contributed by atoms with Crippen LogP contribution in [0.25, 0.3) is 0 Å². The second-order valence-electron chi connectivity index (χ2n) is 7.71. The van der Waals surface area contributed by atoms with Crippen molar-refractivity contribution >= 4 is 11.9 Å². The minimum Gasteiger partial charge on any atom is -0.444 e. The smallest absolute Gasteiger partial charge is 0.408 e. The van der Waals surface area contributed by atoms with Crippen molar-refractivity contribution < 1.29 is 14.3 Å². The van der Waals surface area contributed by atoms with Crippen molar-refractivity contribution in [1.82, 2.24) is 10.6 Å². The van der Waals surface area contributed by atoms with Crippen LogP contribution in [0.5, 0.6) is 0 Å². The molecule has 1 heterocycles. The van der Waals surface area contributed by atoms with E-state index in [1.54, 1.807) is 12.1 Å². The van der Waals surface area contributed by atoms with E-state index < -0.39 is 17.7 Å². The van der Waals surface area contributed by atoms with E-state index in [-0.39, 0.29) is 11.2 Å². The fraction of sp³-hybridized carbons (Fsp3) is 0.579. The molecule has 0 radical (unpaired) electrons. The van der Waals surface area contributed by atoms with Crippen LogP contribution in [0.1, 0.15) is 50.9 Å². The van der Waals surface area contributed by atoms with Crippen LogP contribution in [0.15, 0.2) is 30.3 Å². The maximum Gasteiger partial charge on any atom is 0.408 e. The van der Waals surface area contributed by atoms with Crippen LogP contribution >= 0.6 is 0 Å². The van der Waals surface area contributed by atoms with Crippen LogP contribution in [-0.2, 0) is 4.74 Å². The largest absolute Gasteiger partial charge is 0.444 e. The fourth-order valence-electron chi connectivity index (χ4n) is 3.04. The van der Waals surface area contributed by atoms with Crippen molar-refractivity contribution in [3.8, 4) is 0 Å². The molecule has 1 amide bonds. The summed E-state index contributed by atoms with van der Waals surface area (Å²) in [5, 5.41) is 6.15. The predicted molar refractivity (Wildman–Crippen MR) is 94.1 cm³/mol. The van der Waals surface area contributed by atoms with Gasteiger partial charge in [0.15, 0.2) is 5.78 Å². The zero-order chi connectivity index (χ0) is 17.8. The molecule has 1 fully saturated rings. The zero-order valence-electron chi connectivity index (χ0n) is 15.0. The lowest BCUT2D eigenvalue weighted by atomic mass is 9.72. The highest BCUT2D eigenvalue weighted by Gasteiger charge is 2.41. The second kappa shape index (κ2) is 7.34. The first-order valence-corrected chi connectivity index (χ1v) is 8.51. The van der Waals surface area contributed by atoms with Crippen molar-refractivity contribution in [2.24, 2.45) is 5.41 Å². The van der Waals surface area contributed by atoms with Gasteiger partial charge in [-0.25, -0.2) is 4.79 Å². The van der Waals surface area contributed by atoms with Gasteiger partial charge in [0.1, 0.15) is 11.6 Å². The number of rotatable bonds is 4. The Morgan fingerprint density at radius 1 is 1.17 bits per heavy atom. The number of benzene rings is 1. The van der Waals surface area contributed by atoms with Gasteiger partial charge >= 0.3 is 6.09 Å². The summed E-state index contributed by atoms with van der Waals surface area (Å²) in [5.41, 5.74) is -0.285. The summed E-state index contributed by atoms with van der Waals surface area (Å²) in [6.45, 7) is 9.18. The number of alkyl carbamates (subject to hydrolysis) is 1. The molecule has 1 aromatic rings. The third-order valence-electron chi connectivity index (χ3n) is 4.42. The zero-order valence-corrected chi connectivity index (χ0v) is 15.0. The molecule has 24 heavy (non-hydrogen) atoms. The van der Waals surface area contributed by atoms with Gasteiger partial charge in [-0.3, -0.25) is 4.79 Å². The maximum atomic E-state index is 13.1. The Balaban J connectivity index is 2.24. The monoisotopic (exact) mass is 332 g/mol. The van der Waals surface area contributed by atoms with E-state index in [0.717, 1.165) is 25.9 Å². The molecule has 5 nitrogen and oxygen atoms in total. The number of hydrogen-bond donors (Lipinski definition) is 2. The Kier molecular flexibility index (Phi) is 5.65. The number of piperidine rings is 1. The number of ether oxygens (including phenoxy) is 1. The van der Waals surface area contributed by atoms with E-state index in [2.05, 4.69) is 17.6 Å². The van der Waals surface area contributed by atoms with Gasteiger partial charge in [-0.05, 0) is 52.1 Å². The van der Waals surface area contributed by atoms with Crippen LogP contribution in [0.3, 0.4) is 0 Å². The molecule has 2 rings (SSSR count). The molecule has 1 unspecified atom stereocenters. The van der Waals surface area contributed by atoms with Crippen LogP contribution < -0.4 is 10.6 Å². The Bertz CT molecular complexity index is 572. The highest BCUT2D eigenvalue weighted by Crippen LogP contribution is 2.34. The highest BCUT2D eigenvalue weighted by molar-refractivity contribution is 6.02. The van der Waals surface area contributed by atoms with Gasteiger partial charge in [0.2, 0.25) is 0 Å². The third-order valence-corrected chi connectivity index (χ3v) is 4.42. The van der Waals surface area contributed by atoms with Gasteiger partial charge in [-0.2, -0.15) is 0 Å². The van der Waals surface area contributed by atoms with Gasteiger partial charge < -0.3 is 15.4 Å². The minimum absolute atomic E-state index is 0.0640. The van der Waals surface area contributed by atoms with Crippen LogP contribution in [0.2, 0.25) is 0 Å². The molecule has 1 saturated heterocycles. The summed E-state index contributed by atoms with van der Waals surface area (Å²) in [7, 11) is 0. The minimum atomic E-state index is -0.600. The summed E-state index contributed by atoms with van der Waals surface area (Å²) in [4.78, 5) is 25.3. The normalized spacial score (nSPS) is 18.5. The molecule has 0 aromatic heterocycles. The molecule has 0 aliphatic carbocycles. The van der Waals surface area contributed by atoms with Gasteiger partial charge in [0, 0.05) is 5.56 Å². The Labute approximate surface area is 144 Å². The Morgan fingerprint density at radius 2 is 1.75 bits per heavy atom. The average Bonchev–Trinajstić information content (AvgIpc) is 2.52. The van der Waals surface area contributed by atoms with Crippen molar-refractivity contribution in [3.63, 3.8) is 0 Å². The standard InChI is InChI=1S/C19H28N2O3/c1-18(2,3)24-17(23)21-16(19(4)10-12-20-13-11-19)15(22)14-8-6-5-7-9-14/h5-9,16,20H,10-13H2,1-4H3,(H,21,23). The average molecular weight is 332 g/mol. The van der Waals surface area contributed by atoms with E-state index in [1.165, 1.54) is 0 Å². The summed E-state index contributed by atoms with van der Waals surface area (Å²) in [6.07, 6.45) is 1.11. The first kappa shape index (κ1) is 18.5. The number of nitrogens with one attached hydrogen (secondary N) is 2. The number of Topliss-reactive ketones (excluding diaryl/α,β-unsaturated/α-hetero) is 1. The Hall–Kier alpha value is -1.88. The van der Waals surface area contributed by atoms with Crippen LogP contribution in [-0.4, -0.2) is 36.6 Å². The lowest BCUT2D eigenvalue weighted by molar-refractivity contribution is 0.0401. The first-order valence-electron chi connectivity index (χ1n) is 8.51. The fourth-order valence-corrected chi connectivity index (χ4v) is 3.04. The van der Waals surface area contributed by atoms with E-state index in [0.29, 0.717) is 5.56 Å². The quantitative estimate of drug-likeness (QED) is 0.831. The molecule has 0 bridgehead atoms. The van der Waals surface area contributed by atoms with E-state index in [4.69, 9.17) is 4.74 Å². The molecule has 2 N–H and O–H groups in total. The number of carbonyl (C=O) groups is 2. The molecule has 1 aliphatic rings. The Morgan fingerprint density at radius 3 is 2.29 bits per heavy atom. The van der Waals surface area contributed by atoms with Crippen LogP contribution in [0, 0.1) is 5.41 Å². The second-order valence-corrected chi connectivity index (χ2v) is 7.71. The van der Waals surface area contributed by atoms with Crippen molar-refractivity contribution in [3.05, 3.63) is 35.9 Å². The van der Waals surface area contributed by atoms with Crippen molar-refractivity contribution in [2.45, 2.75) is 52.2 Å². The summed E-state index contributed by atoms with van der Waals surface area (Å²) in [6, 6.07) is 8.52. The van der Waals surface area contributed by atoms with E-state index in [9.17, 15) is 9.59 Å². The summed E-state index contributed by atoms with van der Waals surface area (Å²) < 4.78 is 5.37. The molecule has 1 atom stereocenters. The molecular weight excluding hydrogens is 304 g/mol. The highest BCUT2D eigenvalue weighted by atomic mass is 16.6. The lowest BCUT2D eigenvalue weighted by Gasteiger charge is -2.40. The molecule has 5 heteroatoms. The van der Waals surface area contributed by atoms with Gasteiger partial charge in [-0.1, -0.05) is 37.3 Å². The summed E-state index contributed by atoms with van der Waals surface area (Å²) >= 11 is 0. The van der Waals surface area contributed by atoms with E-state index in [1.807, 2.05) is 39.0 Å². The predicted octanol–water partition coefficient (Wildman–Crippen LogP) is 3.15. The molecule has 1 aliphatic heterocycles. The topological polar surface area (TPSA) is 67.4 Å². The number of amides is 1. The lowest BCUT2D eigenvalue weighted by Crippen LogP contribution is -2.55. The van der Waals surface area contributed by atoms with Gasteiger partial charge in [-0.15, -0.1) is 0 Å². The van der Waals surface area contributed by atoms with E-state index >= 15 is 0 Å². The van der Waals surface area contributed by atoms with Crippen molar-refractivity contribution in [1.29, 1.82) is 0 Å². The maximum absolute atomic E-state index is 13.1. The van der Waals surface area contributed by atoms with Gasteiger partial charge in [0.25, 0.3) is 0 Å².